The van der Waals surface area contributed by atoms with Crippen LogP contribution in [-0.4, -0.2) is 63.2 Å². The topological polar surface area (TPSA) is 27.7 Å². The van der Waals surface area contributed by atoms with Gasteiger partial charge in [0.2, 0.25) is 0 Å². The first-order valence-electron chi connectivity index (χ1n) is 7.95. The number of ether oxygens (including phenoxy) is 1. The van der Waals surface area contributed by atoms with Gasteiger partial charge in [0.05, 0.1) is 0 Å². The normalized spacial score (nSPS) is 17.3. The maximum atomic E-state index is 5.97. The summed E-state index contributed by atoms with van der Waals surface area (Å²) in [7, 11) is 6.33. The summed E-state index contributed by atoms with van der Waals surface area (Å²) in [5, 5.41) is 3.18. The Morgan fingerprint density at radius 1 is 1.24 bits per heavy atom. The molecule has 2 rings (SSSR count). The van der Waals surface area contributed by atoms with Crippen LogP contribution < -0.4 is 10.1 Å². The lowest BCUT2D eigenvalue weighted by atomic mass is 10.0. The van der Waals surface area contributed by atoms with Crippen molar-refractivity contribution in [2.75, 3.05) is 47.4 Å². The second-order valence-corrected chi connectivity index (χ2v) is 6.02. The molecule has 4 nitrogen and oxygen atoms in total. The molecule has 0 saturated carbocycles. The van der Waals surface area contributed by atoms with Crippen LogP contribution in [0.1, 0.15) is 18.4 Å². The van der Waals surface area contributed by atoms with E-state index < -0.39 is 0 Å². The summed E-state index contributed by atoms with van der Waals surface area (Å²) in [6, 6.07) is 9.03. The Morgan fingerprint density at radius 2 is 1.95 bits per heavy atom. The van der Waals surface area contributed by atoms with Gasteiger partial charge in [0.1, 0.15) is 12.4 Å². The van der Waals surface area contributed by atoms with Crippen molar-refractivity contribution in [1.82, 2.24) is 15.1 Å². The molecule has 0 aromatic heterocycles. The third kappa shape index (κ3) is 4.99. The van der Waals surface area contributed by atoms with Gasteiger partial charge < -0.3 is 15.0 Å². The predicted molar refractivity (Wildman–Crippen MR) is 87.8 cm³/mol. The Kier molecular flexibility index (Phi) is 6.49. The molecule has 1 fully saturated rings. The molecule has 0 spiro atoms. The van der Waals surface area contributed by atoms with Crippen LogP contribution in [0.15, 0.2) is 24.3 Å². The van der Waals surface area contributed by atoms with Gasteiger partial charge in [-0.25, -0.2) is 0 Å². The number of piperidine rings is 1. The molecule has 0 atom stereocenters. The first-order chi connectivity index (χ1) is 10.2. The van der Waals surface area contributed by atoms with Crippen LogP contribution in [0, 0.1) is 0 Å². The molecule has 4 heteroatoms. The van der Waals surface area contributed by atoms with Gasteiger partial charge in [-0.15, -0.1) is 0 Å². The number of hydrogen-bond acceptors (Lipinski definition) is 4. The molecule has 1 heterocycles. The minimum Gasteiger partial charge on any atom is -0.492 e. The molecule has 1 saturated heterocycles. The minimum absolute atomic E-state index is 0.749. The van der Waals surface area contributed by atoms with Crippen molar-refractivity contribution in [3.05, 3.63) is 29.8 Å². The van der Waals surface area contributed by atoms with Gasteiger partial charge in [0.25, 0.3) is 0 Å². The van der Waals surface area contributed by atoms with Crippen LogP contribution >= 0.6 is 0 Å². The van der Waals surface area contributed by atoms with Crippen LogP contribution in [0.2, 0.25) is 0 Å². The quantitative estimate of drug-likeness (QED) is 0.829. The number of likely N-dealkylation sites (tertiary alicyclic amines) is 1. The molecule has 118 valence electrons. The fourth-order valence-corrected chi connectivity index (χ4v) is 2.93. The second kappa shape index (κ2) is 8.37. The average Bonchev–Trinajstić information content (AvgIpc) is 2.50. The standard InChI is InChI=1S/C17H29N3O/c1-18-14-15-6-4-5-7-17(15)21-13-12-20-10-8-16(9-11-20)19(2)3/h4-7,16,18H,8-14H2,1-3H3. The van der Waals surface area contributed by atoms with Gasteiger partial charge in [0, 0.05) is 24.7 Å². The lowest BCUT2D eigenvalue weighted by Crippen LogP contribution is -2.43. The Morgan fingerprint density at radius 3 is 2.62 bits per heavy atom. The van der Waals surface area contributed by atoms with Crippen molar-refractivity contribution in [2.45, 2.75) is 25.4 Å². The van der Waals surface area contributed by atoms with E-state index in [1.54, 1.807) is 0 Å². The molecule has 1 aromatic rings. The lowest BCUT2D eigenvalue weighted by molar-refractivity contribution is 0.128. The van der Waals surface area contributed by atoms with Gasteiger partial charge in [-0.2, -0.15) is 0 Å². The summed E-state index contributed by atoms with van der Waals surface area (Å²) in [6.45, 7) is 5.01. The maximum Gasteiger partial charge on any atom is 0.123 e. The SMILES string of the molecule is CNCc1ccccc1OCCN1CCC(N(C)C)CC1. The molecule has 0 amide bonds. The maximum absolute atomic E-state index is 5.97. The molecule has 1 aliphatic heterocycles. The minimum atomic E-state index is 0.749. The van der Waals surface area contributed by atoms with Crippen LogP contribution in [0.25, 0.3) is 0 Å². The number of benzene rings is 1. The molecule has 1 aromatic carbocycles. The molecule has 1 aliphatic rings. The lowest BCUT2D eigenvalue weighted by Gasteiger charge is -2.35. The fourth-order valence-electron chi connectivity index (χ4n) is 2.93. The summed E-state index contributed by atoms with van der Waals surface area (Å²) >= 11 is 0. The molecule has 0 unspecified atom stereocenters. The van der Waals surface area contributed by atoms with Crippen LogP contribution in [0.3, 0.4) is 0 Å². The smallest absolute Gasteiger partial charge is 0.123 e. The van der Waals surface area contributed by atoms with Gasteiger partial charge in [-0.05, 0) is 53.1 Å². The zero-order valence-corrected chi connectivity index (χ0v) is 13.6. The van der Waals surface area contributed by atoms with E-state index in [1.807, 2.05) is 13.1 Å². The number of rotatable bonds is 7. The molecular weight excluding hydrogens is 262 g/mol. The summed E-state index contributed by atoms with van der Waals surface area (Å²) in [5.41, 5.74) is 1.23. The summed E-state index contributed by atoms with van der Waals surface area (Å²) < 4.78 is 5.97. The van der Waals surface area contributed by atoms with Crippen LogP contribution in [0.5, 0.6) is 5.75 Å². The van der Waals surface area contributed by atoms with Gasteiger partial charge >= 0.3 is 0 Å². The molecule has 21 heavy (non-hydrogen) atoms. The van der Waals surface area contributed by atoms with Crippen molar-refractivity contribution in [2.24, 2.45) is 0 Å². The van der Waals surface area contributed by atoms with E-state index in [2.05, 4.69) is 47.4 Å². The zero-order valence-electron chi connectivity index (χ0n) is 13.6. The molecule has 0 aliphatic carbocycles. The first-order valence-corrected chi connectivity index (χ1v) is 7.95. The van der Waals surface area contributed by atoms with Crippen molar-refractivity contribution in [3.8, 4) is 5.75 Å². The number of nitrogens with one attached hydrogen (secondary N) is 1. The van der Waals surface area contributed by atoms with Crippen LogP contribution in [-0.2, 0) is 6.54 Å². The Labute approximate surface area is 129 Å². The Bertz CT molecular complexity index is 414. The van der Waals surface area contributed by atoms with Crippen LogP contribution in [0.4, 0.5) is 0 Å². The molecule has 1 N–H and O–H groups in total. The monoisotopic (exact) mass is 291 g/mol. The van der Waals surface area contributed by atoms with E-state index in [0.29, 0.717) is 0 Å². The van der Waals surface area contributed by atoms with Crippen molar-refractivity contribution in [1.29, 1.82) is 0 Å². The van der Waals surface area contributed by atoms with Gasteiger partial charge in [-0.1, -0.05) is 18.2 Å². The Hall–Kier alpha value is -1.10. The van der Waals surface area contributed by atoms with E-state index in [0.717, 1.165) is 31.5 Å². The number of nitrogens with zero attached hydrogens (tertiary/aromatic N) is 2. The van der Waals surface area contributed by atoms with Crippen molar-refractivity contribution in [3.63, 3.8) is 0 Å². The van der Waals surface area contributed by atoms with E-state index in [4.69, 9.17) is 4.74 Å². The largest absolute Gasteiger partial charge is 0.492 e. The highest BCUT2D eigenvalue weighted by Gasteiger charge is 2.20. The molecule has 0 radical (unpaired) electrons. The molecule has 0 bridgehead atoms. The highest BCUT2D eigenvalue weighted by molar-refractivity contribution is 5.33. The van der Waals surface area contributed by atoms with E-state index in [9.17, 15) is 0 Å². The highest BCUT2D eigenvalue weighted by atomic mass is 16.5. The van der Waals surface area contributed by atoms with Crippen molar-refractivity contribution >= 4 is 0 Å². The number of para-hydroxylation sites is 1. The zero-order chi connectivity index (χ0) is 15.1. The van der Waals surface area contributed by atoms with E-state index >= 15 is 0 Å². The third-order valence-corrected chi connectivity index (χ3v) is 4.29. The van der Waals surface area contributed by atoms with E-state index in [1.165, 1.54) is 31.5 Å². The average molecular weight is 291 g/mol. The fraction of sp³-hybridized carbons (Fsp3) is 0.647. The summed E-state index contributed by atoms with van der Waals surface area (Å²) in [5.74, 6) is 1.01. The van der Waals surface area contributed by atoms with E-state index in [-0.39, 0.29) is 0 Å². The highest BCUT2D eigenvalue weighted by Crippen LogP contribution is 2.18. The summed E-state index contributed by atoms with van der Waals surface area (Å²) in [6.07, 6.45) is 2.53. The first kappa shape index (κ1) is 16.3. The Balaban J connectivity index is 1.73. The van der Waals surface area contributed by atoms with Gasteiger partial charge in [-0.3, -0.25) is 4.90 Å². The molecular formula is C17H29N3O. The predicted octanol–water partition coefficient (Wildman–Crippen LogP) is 1.81. The summed E-state index contributed by atoms with van der Waals surface area (Å²) in [4.78, 5) is 4.86. The second-order valence-electron chi connectivity index (χ2n) is 6.02. The third-order valence-electron chi connectivity index (χ3n) is 4.29. The van der Waals surface area contributed by atoms with Gasteiger partial charge in [0.15, 0.2) is 0 Å². The number of hydrogen-bond donors (Lipinski definition) is 1. The van der Waals surface area contributed by atoms with Crippen molar-refractivity contribution < 1.29 is 4.74 Å².